The van der Waals surface area contributed by atoms with Gasteiger partial charge in [-0.2, -0.15) is 0 Å². The zero-order valence-electron chi connectivity index (χ0n) is 16.4. The SMILES string of the molecule is Cc1c(-c2nnc(C(=O)N[C@H]3CCCc4ccccc43)o2)oc2c(C)cccc12. The molecule has 4 aromatic rings. The van der Waals surface area contributed by atoms with Gasteiger partial charge < -0.3 is 14.2 Å². The number of amides is 1. The molecule has 0 radical (unpaired) electrons. The van der Waals surface area contributed by atoms with Gasteiger partial charge in [0.15, 0.2) is 5.76 Å². The maximum absolute atomic E-state index is 12.7. The zero-order chi connectivity index (χ0) is 20.0. The minimum atomic E-state index is -0.365. The highest BCUT2D eigenvalue weighted by Gasteiger charge is 2.26. The van der Waals surface area contributed by atoms with Gasteiger partial charge in [0, 0.05) is 10.9 Å². The minimum Gasteiger partial charge on any atom is -0.450 e. The van der Waals surface area contributed by atoms with Gasteiger partial charge in [0.05, 0.1) is 6.04 Å². The van der Waals surface area contributed by atoms with Gasteiger partial charge in [-0.3, -0.25) is 4.79 Å². The number of aryl methyl sites for hydroxylation is 3. The number of nitrogens with zero attached hydrogens (tertiary/aromatic N) is 2. The van der Waals surface area contributed by atoms with E-state index in [9.17, 15) is 4.79 Å². The minimum absolute atomic E-state index is 0.0432. The molecule has 5 rings (SSSR count). The third-order valence-electron chi connectivity index (χ3n) is 5.65. The Kier molecular flexibility index (Phi) is 4.19. The van der Waals surface area contributed by atoms with E-state index in [4.69, 9.17) is 8.83 Å². The summed E-state index contributed by atoms with van der Waals surface area (Å²) in [5.74, 6) is 0.297. The van der Waals surface area contributed by atoms with Crippen LogP contribution in [0.15, 0.2) is 51.3 Å². The highest BCUT2D eigenvalue weighted by molar-refractivity contribution is 5.91. The first-order chi connectivity index (χ1) is 14.1. The van der Waals surface area contributed by atoms with E-state index in [0.717, 1.165) is 46.9 Å². The Morgan fingerprint density at radius 3 is 2.79 bits per heavy atom. The smallest absolute Gasteiger partial charge is 0.309 e. The van der Waals surface area contributed by atoms with E-state index < -0.39 is 0 Å². The maximum atomic E-state index is 12.7. The van der Waals surface area contributed by atoms with Crippen LogP contribution < -0.4 is 5.32 Å². The van der Waals surface area contributed by atoms with Crippen LogP contribution in [0, 0.1) is 13.8 Å². The molecule has 2 heterocycles. The predicted octanol–water partition coefficient (Wildman–Crippen LogP) is 4.91. The normalized spacial score (nSPS) is 16.0. The number of rotatable bonds is 3. The monoisotopic (exact) mass is 387 g/mol. The van der Waals surface area contributed by atoms with E-state index in [2.05, 4.69) is 27.6 Å². The standard InChI is InChI=1S/C23H21N3O3/c1-13-7-5-11-16-14(2)20(28-19(13)16)22-25-26-23(29-22)21(27)24-18-12-6-9-15-8-3-4-10-17(15)18/h3-5,7-8,10-11,18H,6,9,12H2,1-2H3,(H,24,27)/t18-/m0/s1. The largest absolute Gasteiger partial charge is 0.450 e. The first-order valence-electron chi connectivity index (χ1n) is 9.83. The lowest BCUT2D eigenvalue weighted by Gasteiger charge is -2.25. The van der Waals surface area contributed by atoms with Crippen LogP contribution in [0.2, 0.25) is 0 Å². The topological polar surface area (TPSA) is 81.2 Å². The number of carbonyl (C=O) groups excluding carboxylic acids is 1. The Morgan fingerprint density at radius 1 is 1.07 bits per heavy atom. The zero-order valence-corrected chi connectivity index (χ0v) is 16.4. The summed E-state index contributed by atoms with van der Waals surface area (Å²) in [5.41, 5.74) is 5.19. The van der Waals surface area contributed by atoms with Crippen molar-refractivity contribution >= 4 is 16.9 Å². The highest BCUT2D eigenvalue weighted by atomic mass is 16.4. The van der Waals surface area contributed by atoms with Gasteiger partial charge in [-0.25, -0.2) is 0 Å². The van der Waals surface area contributed by atoms with E-state index in [1.165, 1.54) is 5.56 Å². The molecular weight excluding hydrogens is 366 g/mol. The van der Waals surface area contributed by atoms with Gasteiger partial charge in [-0.1, -0.05) is 42.5 Å². The van der Waals surface area contributed by atoms with Crippen molar-refractivity contribution in [1.29, 1.82) is 0 Å². The summed E-state index contributed by atoms with van der Waals surface area (Å²) in [6.45, 7) is 3.94. The molecule has 0 saturated heterocycles. The molecule has 29 heavy (non-hydrogen) atoms. The van der Waals surface area contributed by atoms with Crippen molar-refractivity contribution in [1.82, 2.24) is 15.5 Å². The summed E-state index contributed by atoms with van der Waals surface area (Å²) in [7, 11) is 0. The number of fused-ring (bicyclic) bond motifs is 2. The molecule has 0 fully saturated rings. The van der Waals surface area contributed by atoms with Gasteiger partial charge in [0.25, 0.3) is 5.89 Å². The van der Waals surface area contributed by atoms with Crippen molar-refractivity contribution in [3.05, 3.63) is 70.6 Å². The average molecular weight is 387 g/mol. The predicted molar refractivity (Wildman–Crippen MR) is 109 cm³/mol. The molecule has 0 bridgehead atoms. The fourth-order valence-corrected chi connectivity index (χ4v) is 4.12. The number of para-hydroxylation sites is 1. The van der Waals surface area contributed by atoms with Crippen molar-refractivity contribution in [2.45, 2.75) is 39.2 Å². The first kappa shape index (κ1) is 17.7. The van der Waals surface area contributed by atoms with Crippen LogP contribution in [0.4, 0.5) is 0 Å². The lowest BCUT2D eigenvalue weighted by atomic mass is 9.88. The Balaban J connectivity index is 1.42. The first-order valence-corrected chi connectivity index (χ1v) is 9.83. The van der Waals surface area contributed by atoms with Crippen LogP contribution in [-0.2, 0) is 6.42 Å². The molecule has 2 aromatic heterocycles. The molecule has 0 aliphatic heterocycles. The summed E-state index contributed by atoms with van der Waals surface area (Å²) in [5, 5.41) is 12.1. The third kappa shape index (κ3) is 3.01. The lowest BCUT2D eigenvalue weighted by molar-refractivity contribution is 0.0898. The van der Waals surface area contributed by atoms with E-state index in [-0.39, 0.29) is 23.7 Å². The number of hydrogen-bond acceptors (Lipinski definition) is 5. The molecular formula is C23H21N3O3. The molecule has 146 valence electrons. The number of nitrogens with one attached hydrogen (secondary N) is 1. The van der Waals surface area contributed by atoms with Crippen LogP contribution in [0.25, 0.3) is 22.6 Å². The highest BCUT2D eigenvalue weighted by Crippen LogP contribution is 2.34. The second kappa shape index (κ2) is 6.88. The van der Waals surface area contributed by atoms with Crippen LogP contribution in [0.3, 0.4) is 0 Å². The van der Waals surface area contributed by atoms with E-state index in [1.54, 1.807) is 0 Å². The molecule has 0 unspecified atom stereocenters. The average Bonchev–Trinajstić information content (AvgIpc) is 3.34. The molecule has 6 heteroatoms. The van der Waals surface area contributed by atoms with Gasteiger partial charge in [0.1, 0.15) is 5.58 Å². The maximum Gasteiger partial charge on any atom is 0.309 e. The fraction of sp³-hybridized carbons (Fsp3) is 0.261. The van der Waals surface area contributed by atoms with E-state index >= 15 is 0 Å². The van der Waals surface area contributed by atoms with Crippen molar-refractivity contribution in [2.24, 2.45) is 0 Å². The fourth-order valence-electron chi connectivity index (χ4n) is 4.12. The molecule has 0 saturated carbocycles. The van der Waals surface area contributed by atoms with Crippen molar-refractivity contribution < 1.29 is 13.6 Å². The van der Waals surface area contributed by atoms with E-state index in [0.29, 0.717) is 5.76 Å². The summed E-state index contributed by atoms with van der Waals surface area (Å²) < 4.78 is 11.7. The van der Waals surface area contributed by atoms with Crippen LogP contribution in [0.1, 0.15) is 51.8 Å². The Labute approximate surface area is 167 Å². The summed E-state index contributed by atoms with van der Waals surface area (Å²) in [6.07, 6.45) is 2.97. The van der Waals surface area contributed by atoms with Gasteiger partial charge in [-0.05, 0) is 49.8 Å². The molecule has 1 aliphatic carbocycles. The Hall–Kier alpha value is -3.41. The van der Waals surface area contributed by atoms with Gasteiger partial charge >= 0.3 is 11.8 Å². The quantitative estimate of drug-likeness (QED) is 0.540. The molecule has 1 atom stereocenters. The van der Waals surface area contributed by atoms with Crippen molar-refractivity contribution in [2.75, 3.05) is 0 Å². The number of benzene rings is 2. The van der Waals surface area contributed by atoms with Crippen LogP contribution in [0.5, 0.6) is 0 Å². The molecule has 0 spiro atoms. The summed E-state index contributed by atoms with van der Waals surface area (Å²) in [4.78, 5) is 12.7. The van der Waals surface area contributed by atoms with Crippen molar-refractivity contribution in [3.63, 3.8) is 0 Å². The molecule has 1 N–H and O–H groups in total. The van der Waals surface area contributed by atoms with Crippen molar-refractivity contribution in [3.8, 4) is 11.7 Å². The number of furan rings is 1. The number of aromatic nitrogens is 2. The van der Waals surface area contributed by atoms with Crippen LogP contribution >= 0.6 is 0 Å². The van der Waals surface area contributed by atoms with E-state index in [1.807, 2.05) is 44.2 Å². The summed E-state index contributed by atoms with van der Waals surface area (Å²) in [6, 6.07) is 14.1. The second-order valence-electron chi connectivity index (χ2n) is 7.54. The number of carbonyl (C=O) groups is 1. The Bertz CT molecular complexity index is 1220. The van der Waals surface area contributed by atoms with Gasteiger partial charge in [-0.15, -0.1) is 10.2 Å². The molecule has 1 aliphatic rings. The number of hydrogen-bond donors (Lipinski definition) is 1. The van der Waals surface area contributed by atoms with Gasteiger partial charge in [0.2, 0.25) is 0 Å². The van der Waals surface area contributed by atoms with Crippen LogP contribution in [-0.4, -0.2) is 16.1 Å². The molecule has 1 amide bonds. The summed E-state index contributed by atoms with van der Waals surface area (Å²) >= 11 is 0. The lowest BCUT2D eigenvalue weighted by Crippen LogP contribution is -2.31. The Morgan fingerprint density at radius 2 is 1.93 bits per heavy atom. The third-order valence-corrected chi connectivity index (χ3v) is 5.65. The molecule has 6 nitrogen and oxygen atoms in total. The molecule has 2 aromatic carbocycles. The second-order valence-corrected chi connectivity index (χ2v) is 7.54.